The van der Waals surface area contributed by atoms with Crippen molar-refractivity contribution in [2.75, 3.05) is 6.61 Å². The van der Waals surface area contributed by atoms with Crippen LogP contribution in [0.15, 0.2) is 24.3 Å². The molecule has 80 valence electrons. The minimum Gasteiger partial charge on any atom is -0.447 e. The highest BCUT2D eigenvalue weighted by Crippen LogP contribution is 2.30. The quantitative estimate of drug-likeness (QED) is 0.841. The van der Waals surface area contributed by atoms with E-state index in [1.807, 2.05) is 31.2 Å². The number of hydrogen-bond donors (Lipinski definition) is 1. The average Bonchev–Trinajstić information content (AvgIpc) is 2.62. The maximum absolute atomic E-state index is 11.1. The number of carbonyl (C=O) groups excluding carboxylic acids is 1. The molecular weight excluding hydrogens is 214 g/mol. The Bertz CT molecular complexity index is 377. The predicted molar refractivity (Wildman–Crippen MR) is 57.9 cm³/mol. The molecular formula is C11H12ClNO2. The monoisotopic (exact) mass is 225 g/mol. The number of rotatable bonds is 2. The van der Waals surface area contributed by atoms with Crippen molar-refractivity contribution in [3.63, 3.8) is 0 Å². The Morgan fingerprint density at radius 3 is 2.60 bits per heavy atom. The molecule has 0 spiro atoms. The summed E-state index contributed by atoms with van der Waals surface area (Å²) in [4.78, 5) is 11.1. The molecule has 15 heavy (non-hydrogen) atoms. The van der Waals surface area contributed by atoms with E-state index in [-0.39, 0.29) is 11.6 Å². The fourth-order valence-corrected chi connectivity index (χ4v) is 1.90. The van der Waals surface area contributed by atoms with Crippen LogP contribution in [0.5, 0.6) is 0 Å². The van der Waals surface area contributed by atoms with Gasteiger partial charge in [-0.25, -0.2) is 4.79 Å². The van der Waals surface area contributed by atoms with Crippen LogP contribution >= 0.6 is 11.6 Å². The van der Waals surface area contributed by atoms with E-state index in [1.165, 1.54) is 0 Å². The van der Waals surface area contributed by atoms with Crippen molar-refractivity contribution in [2.45, 2.75) is 18.9 Å². The molecule has 0 bridgehead atoms. The number of ether oxygens (including phenoxy) is 1. The fraction of sp³-hybridized carbons (Fsp3) is 0.364. The van der Waals surface area contributed by atoms with Crippen LogP contribution in [-0.2, 0) is 10.3 Å². The number of hydrogen-bond acceptors (Lipinski definition) is 2. The van der Waals surface area contributed by atoms with Crippen LogP contribution in [0.4, 0.5) is 4.79 Å². The average molecular weight is 226 g/mol. The topological polar surface area (TPSA) is 38.3 Å². The van der Waals surface area contributed by atoms with E-state index in [9.17, 15) is 4.79 Å². The summed E-state index contributed by atoms with van der Waals surface area (Å²) in [7, 11) is 0. The molecule has 0 radical (unpaired) electrons. The van der Waals surface area contributed by atoms with Gasteiger partial charge in [0.2, 0.25) is 0 Å². The SMILES string of the molecule is CCC1(c2ccc(Cl)cc2)COC(=O)N1. The van der Waals surface area contributed by atoms with Crippen molar-refractivity contribution in [3.05, 3.63) is 34.9 Å². The molecule has 1 aromatic rings. The molecule has 1 amide bonds. The number of carbonyl (C=O) groups is 1. The van der Waals surface area contributed by atoms with Crippen LogP contribution in [0, 0.1) is 0 Å². The molecule has 3 nitrogen and oxygen atoms in total. The molecule has 1 N–H and O–H groups in total. The zero-order valence-electron chi connectivity index (χ0n) is 8.42. The summed E-state index contributed by atoms with van der Waals surface area (Å²) in [5.41, 5.74) is 0.641. The Balaban J connectivity index is 2.34. The predicted octanol–water partition coefficient (Wildman–Crippen LogP) is 2.69. The molecule has 0 aliphatic carbocycles. The normalized spacial score (nSPS) is 24.8. The van der Waals surface area contributed by atoms with Crippen LogP contribution < -0.4 is 5.32 Å². The molecule has 0 saturated carbocycles. The molecule has 1 aliphatic rings. The molecule has 1 saturated heterocycles. The Hall–Kier alpha value is -1.22. The van der Waals surface area contributed by atoms with Gasteiger partial charge in [0.25, 0.3) is 0 Å². The molecule has 2 rings (SSSR count). The number of benzene rings is 1. The molecule has 4 heteroatoms. The van der Waals surface area contributed by atoms with Gasteiger partial charge in [-0.05, 0) is 24.1 Å². The minimum atomic E-state index is -0.387. The Labute approximate surface area is 93.4 Å². The van der Waals surface area contributed by atoms with Gasteiger partial charge < -0.3 is 10.1 Å². The minimum absolute atomic E-state index is 0.355. The van der Waals surface area contributed by atoms with E-state index < -0.39 is 0 Å². The van der Waals surface area contributed by atoms with Gasteiger partial charge in [0.05, 0.1) is 0 Å². The second kappa shape index (κ2) is 3.74. The molecule has 1 atom stereocenters. The number of cyclic esters (lactones) is 1. The Morgan fingerprint density at radius 1 is 1.47 bits per heavy atom. The van der Waals surface area contributed by atoms with Gasteiger partial charge in [-0.2, -0.15) is 0 Å². The third-order valence-electron chi connectivity index (χ3n) is 2.79. The van der Waals surface area contributed by atoms with Crippen LogP contribution in [0.25, 0.3) is 0 Å². The smallest absolute Gasteiger partial charge is 0.408 e. The van der Waals surface area contributed by atoms with Crippen molar-refractivity contribution in [3.8, 4) is 0 Å². The standard InChI is InChI=1S/C11H12ClNO2/c1-2-11(7-15-10(14)13-11)8-3-5-9(12)6-4-8/h3-6H,2,7H2,1H3,(H,13,14). The molecule has 1 aromatic carbocycles. The van der Waals surface area contributed by atoms with Crippen molar-refractivity contribution in [1.29, 1.82) is 0 Å². The van der Waals surface area contributed by atoms with E-state index in [0.717, 1.165) is 12.0 Å². The number of halogens is 1. The van der Waals surface area contributed by atoms with E-state index in [2.05, 4.69) is 5.32 Å². The Morgan fingerprint density at radius 2 is 2.13 bits per heavy atom. The number of nitrogens with one attached hydrogen (secondary N) is 1. The largest absolute Gasteiger partial charge is 0.447 e. The first-order valence-electron chi connectivity index (χ1n) is 4.87. The highest BCUT2D eigenvalue weighted by atomic mass is 35.5. The summed E-state index contributed by atoms with van der Waals surface area (Å²) in [5, 5.41) is 3.54. The van der Waals surface area contributed by atoms with Gasteiger partial charge in [-0.1, -0.05) is 30.7 Å². The molecule has 0 aromatic heterocycles. The lowest BCUT2D eigenvalue weighted by Gasteiger charge is -2.25. The van der Waals surface area contributed by atoms with Gasteiger partial charge in [0.15, 0.2) is 0 Å². The van der Waals surface area contributed by atoms with Crippen molar-refractivity contribution >= 4 is 17.7 Å². The zero-order valence-corrected chi connectivity index (χ0v) is 9.17. The van der Waals surface area contributed by atoms with Gasteiger partial charge >= 0.3 is 6.09 Å². The van der Waals surface area contributed by atoms with E-state index >= 15 is 0 Å². The lowest BCUT2D eigenvalue weighted by molar-refractivity contribution is 0.171. The second-order valence-corrected chi connectivity index (χ2v) is 4.08. The number of alkyl carbamates (subject to hydrolysis) is 1. The van der Waals surface area contributed by atoms with E-state index in [1.54, 1.807) is 0 Å². The first kappa shape index (κ1) is 10.3. The second-order valence-electron chi connectivity index (χ2n) is 3.64. The Kier molecular flexibility index (Phi) is 2.57. The van der Waals surface area contributed by atoms with Crippen LogP contribution in [0.1, 0.15) is 18.9 Å². The highest BCUT2D eigenvalue weighted by Gasteiger charge is 2.39. The highest BCUT2D eigenvalue weighted by molar-refractivity contribution is 6.30. The maximum atomic E-state index is 11.1. The molecule has 1 fully saturated rings. The summed E-state index contributed by atoms with van der Waals surface area (Å²) in [5.74, 6) is 0. The number of amides is 1. The maximum Gasteiger partial charge on any atom is 0.408 e. The van der Waals surface area contributed by atoms with E-state index in [0.29, 0.717) is 11.6 Å². The van der Waals surface area contributed by atoms with Crippen LogP contribution in [0.3, 0.4) is 0 Å². The third kappa shape index (κ3) is 1.79. The lowest BCUT2D eigenvalue weighted by atomic mass is 9.89. The summed E-state index contributed by atoms with van der Waals surface area (Å²) in [6, 6.07) is 7.47. The lowest BCUT2D eigenvalue weighted by Crippen LogP contribution is -2.39. The summed E-state index contributed by atoms with van der Waals surface area (Å²) < 4.78 is 4.96. The summed E-state index contributed by atoms with van der Waals surface area (Å²) >= 11 is 5.82. The van der Waals surface area contributed by atoms with Gasteiger partial charge in [0, 0.05) is 5.02 Å². The van der Waals surface area contributed by atoms with Gasteiger partial charge in [-0.15, -0.1) is 0 Å². The first-order valence-corrected chi connectivity index (χ1v) is 5.25. The van der Waals surface area contributed by atoms with Crippen molar-refractivity contribution < 1.29 is 9.53 Å². The third-order valence-corrected chi connectivity index (χ3v) is 3.04. The zero-order chi connectivity index (χ0) is 10.9. The van der Waals surface area contributed by atoms with Crippen molar-refractivity contribution in [1.82, 2.24) is 5.32 Å². The van der Waals surface area contributed by atoms with Gasteiger partial charge in [0.1, 0.15) is 12.1 Å². The summed E-state index contributed by atoms with van der Waals surface area (Å²) in [6.45, 7) is 2.40. The molecule has 1 aliphatic heterocycles. The van der Waals surface area contributed by atoms with Crippen molar-refractivity contribution in [2.24, 2.45) is 0 Å². The molecule has 1 heterocycles. The van der Waals surface area contributed by atoms with Crippen LogP contribution in [0.2, 0.25) is 5.02 Å². The van der Waals surface area contributed by atoms with Crippen LogP contribution in [-0.4, -0.2) is 12.7 Å². The first-order chi connectivity index (χ1) is 7.16. The fourth-order valence-electron chi connectivity index (χ4n) is 1.78. The van der Waals surface area contributed by atoms with E-state index in [4.69, 9.17) is 16.3 Å². The molecule has 1 unspecified atom stereocenters. The summed E-state index contributed by atoms with van der Waals surface area (Å²) in [6.07, 6.45) is 0.437. The van der Waals surface area contributed by atoms with Gasteiger partial charge in [-0.3, -0.25) is 0 Å².